The Hall–Kier alpha value is -2.49. The highest BCUT2D eigenvalue weighted by atomic mass is 16.5. The third kappa shape index (κ3) is 2.56. The van der Waals surface area contributed by atoms with Crippen LogP contribution < -0.4 is 14.4 Å². The first-order valence-corrected chi connectivity index (χ1v) is 9.55. The van der Waals surface area contributed by atoms with Crippen LogP contribution in [-0.2, 0) is 6.54 Å². The highest BCUT2D eigenvalue weighted by Crippen LogP contribution is 2.46. The van der Waals surface area contributed by atoms with Crippen molar-refractivity contribution < 1.29 is 14.3 Å². The number of para-hydroxylation sites is 1. The molecule has 2 heterocycles. The first-order chi connectivity index (χ1) is 12.7. The fourth-order valence-corrected chi connectivity index (χ4v) is 4.53. The normalized spacial score (nSPS) is 20.8. The molecule has 4 heteroatoms. The molecule has 1 fully saturated rings. The summed E-state index contributed by atoms with van der Waals surface area (Å²) in [7, 11) is 0. The molecule has 1 saturated carbocycles. The van der Waals surface area contributed by atoms with E-state index in [0.717, 1.165) is 54.0 Å². The molecule has 0 saturated heterocycles. The quantitative estimate of drug-likeness (QED) is 0.747. The molecule has 134 valence electrons. The van der Waals surface area contributed by atoms with Crippen LogP contribution in [0.4, 0.5) is 5.69 Å². The molecule has 1 spiro atoms. The number of hydrogen-bond acceptors (Lipinski definition) is 4. The van der Waals surface area contributed by atoms with Crippen LogP contribution in [0.5, 0.6) is 11.5 Å². The van der Waals surface area contributed by atoms with Crippen LogP contribution in [0.15, 0.2) is 42.5 Å². The number of carbonyl (C=O) groups excluding carboxylic acids is 1. The van der Waals surface area contributed by atoms with Crippen molar-refractivity contribution in [2.45, 2.75) is 50.7 Å². The maximum atomic E-state index is 12.9. The van der Waals surface area contributed by atoms with Crippen molar-refractivity contribution in [3.05, 3.63) is 53.6 Å². The predicted octanol–water partition coefficient (Wildman–Crippen LogP) is 4.71. The standard InChI is InChI=1S/C22H23NO3/c24-19-13-22(11-5-2-6-12-22)26-21-17(19)9-10-20-18(21)14-23(15-25-20)16-7-3-1-4-8-16/h1,3-4,7-10H,2,5-6,11-15H2. The molecule has 2 aliphatic heterocycles. The van der Waals surface area contributed by atoms with E-state index in [-0.39, 0.29) is 11.4 Å². The summed E-state index contributed by atoms with van der Waals surface area (Å²) in [5, 5.41) is 0. The number of carbonyl (C=O) groups is 1. The minimum absolute atomic E-state index is 0.216. The Bertz CT molecular complexity index is 840. The van der Waals surface area contributed by atoms with Crippen molar-refractivity contribution in [1.29, 1.82) is 0 Å². The maximum absolute atomic E-state index is 12.9. The summed E-state index contributed by atoms with van der Waals surface area (Å²) in [6.45, 7) is 1.21. The zero-order valence-corrected chi connectivity index (χ0v) is 14.9. The minimum atomic E-state index is -0.299. The summed E-state index contributed by atoms with van der Waals surface area (Å²) in [5.41, 5.74) is 2.55. The summed E-state index contributed by atoms with van der Waals surface area (Å²) in [6.07, 6.45) is 6.00. The van der Waals surface area contributed by atoms with Gasteiger partial charge in [-0.3, -0.25) is 4.79 Å². The second-order valence-electron chi connectivity index (χ2n) is 7.67. The van der Waals surface area contributed by atoms with E-state index in [0.29, 0.717) is 19.7 Å². The number of ketones is 1. The highest BCUT2D eigenvalue weighted by molar-refractivity contribution is 6.01. The van der Waals surface area contributed by atoms with Crippen molar-refractivity contribution in [3.63, 3.8) is 0 Å². The van der Waals surface area contributed by atoms with Crippen LogP contribution in [0.3, 0.4) is 0 Å². The molecule has 0 amide bonds. The average Bonchev–Trinajstić information content (AvgIpc) is 2.69. The first-order valence-electron chi connectivity index (χ1n) is 9.55. The number of fused-ring (bicyclic) bond motifs is 3. The molecular weight excluding hydrogens is 326 g/mol. The number of hydrogen-bond donors (Lipinski definition) is 0. The molecule has 0 N–H and O–H groups in total. The van der Waals surface area contributed by atoms with E-state index in [1.807, 2.05) is 30.3 Å². The average molecular weight is 349 g/mol. The molecule has 2 aromatic rings. The van der Waals surface area contributed by atoms with Crippen LogP contribution in [-0.4, -0.2) is 18.1 Å². The molecule has 1 aliphatic carbocycles. The molecule has 2 aromatic carbocycles. The molecule has 4 nitrogen and oxygen atoms in total. The van der Waals surface area contributed by atoms with E-state index >= 15 is 0 Å². The van der Waals surface area contributed by atoms with Crippen LogP contribution in [0.2, 0.25) is 0 Å². The van der Waals surface area contributed by atoms with Gasteiger partial charge >= 0.3 is 0 Å². The Kier molecular flexibility index (Phi) is 3.66. The lowest BCUT2D eigenvalue weighted by molar-refractivity contribution is 0.0123. The smallest absolute Gasteiger partial charge is 0.170 e. The van der Waals surface area contributed by atoms with E-state index in [4.69, 9.17) is 9.47 Å². The van der Waals surface area contributed by atoms with Crippen LogP contribution >= 0.6 is 0 Å². The van der Waals surface area contributed by atoms with Gasteiger partial charge in [0.2, 0.25) is 0 Å². The predicted molar refractivity (Wildman–Crippen MR) is 100.0 cm³/mol. The number of nitrogens with zero attached hydrogens (tertiary/aromatic N) is 1. The summed E-state index contributed by atoms with van der Waals surface area (Å²) in [5.74, 6) is 1.82. The van der Waals surface area contributed by atoms with E-state index < -0.39 is 0 Å². The SMILES string of the molecule is O=C1CC2(CCCCC2)Oc2c1ccc1c2CN(c2ccccc2)CO1. The van der Waals surface area contributed by atoms with Crippen molar-refractivity contribution in [3.8, 4) is 11.5 Å². The third-order valence-electron chi connectivity index (χ3n) is 5.93. The van der Waals surface area contributed by atoms with Crippen molar-refractivity contribution in [2.75, 3.05) is 11.6 Å². The lowest BCUT2D eigenvalue weighted by atomic mass is 9.78. The van der Waals surface area contributed by atoms with Gasteiger partial charge in [0, 0.05) is 5.69 Å². The van der Waals surface area contributed by atoms with Crippen molar-refractivity contribution in [2.24, 2.45) is 0 Å². The molecule has 0 atom stereocenters. The second-order valence-corrected chi connectivity index (χ2v) is 7.67. The molecule has 0 radical (unpaired) electrons. The highest BCUT2D eigenvalue weighted by Gasteiger charge is 2.43. The van der Waals surface area contributed by atoms with Crippen LogP contribution in [0.25, 0.3) is 0 Å². The van der Waals surface area contributed by atoms with Gasteiger partial charge in [0.25, 0.3) is 0 Å². The molecule has 0 aromatic heterocycles. The maximum Gasteiger partial charge on any atom is 0.170 e. The third-order valence-corrected chi connectivity index (χ3v) is 5.93. The Morgan fingerprint density at radius 3 is 2.58 bits per heavy atom. The topological polar surface area (TPSA) is 38.8 Å². The summed E-state index contributed by atoms with van der Waals surface area (Å²) >= 11 is 0. The summed E-state index contributed by atoms with van der Waals surface area (Å²) in [4.78, 5) is 15.0. The summed E-state index contributed by atoms with van der Waals surface area (Å²) < 4.78 is 12.6. The van der Waals surface area contributed by atoms with Gasteiger partial charge in [0.05, 0.1) is 24.1 Å². The number of benzene rings is 2. The lowest BCUT2D eigenvalue weighted by Crippen LogP contribution is -2.44. The zero-order chi connectivity index (χ0) is 17.6. The zero-order valence-electron chi connectivity index (χ0n) is 14.9. The Labute approximate surface area is 153 Å². The van der Waals surface area contributed by atoms with Crippen molar-refractivity contribution in [1.82, 2.24) is 0 Å². The van der Waals surface area contributed by atoms with E-state index in [2.05, 4.69) is 17.0 Å². The number of Topliss-reactive ketones (excluding diaryl/α,β-unsaturated/α-hetero) is 1. The van der Waals surface area contributed by atoms with E-state index in [1.165, 1.54) is 6.42 Å². The van der Waals surface area contributed by atoms with Gasteiger partial charge in [-0.05, 0) is 49.9 Å². The lowest BCUT2D eigenvalue weighted by Gasteiger charge is -2.42. The second kappa shape index (κ2) is 6.04. The first kappa shape index (κ1) is 15.7. The largest absolute Gasteiger partial charge is 0.486 e. The number of anilines is 1. The Balaban J connectivity index is 1.54. The minimum Gasteiger partial charge on any atom is -0.486 e. The fraction of sp³-hybridized carbons (Fsp3) is 0.409. The molecule has 0 bridgehead atoms. The van der Waals surface area contributed by atoms with E-state index in [1.54, 1.807) is 0 Å². The van der Waals surface area contributed by atoms with Crippen LogP contribution in [0, 0.1) is 0 Å². The Morgan fingerprint density at radius 1 is 0.962 bits per heavy atom. The summed E-state index contributed by atoms with van der Waals surface area (Å²) in [6, 6.07) is 14.0. The van der Waals surface area contributed by atoms with Gasteiger partial charge in [-0.25, -0.2) is 0 Å². The van der Waals surface area contributed by atoms with Crippen LogP contribution in [0.1, 0.15) is 54.4 Å². The van der Waals surface area contributed by atoms with Gasteiger partial charge in [0.15, 0.2) is 12.5 Å². The van der Waals surface area contributed by atoms with Gasteiger partial charge in [-0.1, -0.05) is 24.6 Å². The van der Waals surface area contributed by atoms with Gasteiger partial charge in [-0.2, -0.15) is 0 Å². The van der Waals surface area contributed by atoms with Gasteiger partial charge < -0.3 is 14.4 Å². The Morgan fingerprint density at radius 2 is 1.77 bits per heavy atom. The number of rotatable bonds is 1. The fourth-order valence-electron chi connectivity index (χ4n) is 4.53. The molecular formula is C22H23NO3. The van der Waals surface area contributed by atoms with E-state index in [9.17, 15) is 4.79 Å². The van der Waals surface area contributed by atoms with Crippen molar-refractivity contribution >= 4 is 11.5 Å². The molecule has 26 heavy (non-hydrogen) atoms. The molecule has 5 rings (SSSR count). The van der Waals surface area contributed by atoms with Gasteiger partial charge in [0.1, 0.15) is 17.1 Å². The van der Waals surface area contributed by atoms with Gasteiger partial charge in [-0.15, -0.1) is 0 Å². The number of ether oxygens (including phenoxy) is 2. The molecule has 0 unspecified atom stereocenters. The monoisotopic (exact) mass is 349 g/mol. The molecule has 3 aliphatic rings.